The molecule has 0 fully saturated rings. The summed E-state index contributed by atoms with van der Waals surface area (Å²) in [6.45, 7) is 8.89. The van der Waals surface area contributed by atoms with Crippen LogP contribution in [0.1, 0.15) is 25.8 Å². The third kappa shape index (κ3) is 4.67. The van der Waals surface area contributed by atoms with Crippen molar-refractivity contribution in [1.82, 2.24) is 4.90 Å². The second-order valence-electron chi connectivity index (χ2n) is 4.28. The second kappa shape index (κ2) is 7.39. The molecule has 0 atom stereocenters. The van der Waals surface area contributed by atoms with Crippen LogP contribution in [0.2, 0.25) is 5.02 Å². The molecule has 0 aliphatic rings. The van der Waals surface area contributed by atoms with Crippen molar-refractivity contribution in [3.8, 4) is 0 Å². The van der Waals surface area contributed by atoms with Crippen LogP contribution >= 0.6 is 11.6 Å². The monoisotopic (exact) mass is 268 g/mol. The summed E-state index contributed by atoms with van der Waals surface area (Å²) in [5.74, 6) is 0.0484. The summed E-state index contributed by atoms with van der Waals surface area (Å²) in [5, 5.41) is 3.61. The number of nitrogens with zero attached hydrogens (tertiary/aromatic N) is 1. The number of nitrogens with one attached hydrogen (secondary N) is 1. The quantitative estimate of drug-likeness (QED) is 0.858. The molecule has 1 N–H and O–H groups in total. The van der Waals surface area contributed by atoms with E-state index in [2.05, 4.69) is 24.1 Å². The first-order valence-corrected chi connectivity index (χ1v) is 6.73. The maximum absolute atomic E-state index is 11.8. The van der Waals surface area contributed by atoms with E-state index in [9.17, 15) is 4.79 Å². The lowest BCUT2D eigenvalue weighted by Crippen LogP contribution is -2.27. The Hall–Kier alpha value is -1.06. The summed E-state index contributed by atoms with van der Waals surface area (Å²) in [7, 11) is 0. The highest BCUT2D eigenvalue weighted by Crippen LogP contribution is 2.19. The zero-order valence-electron chi connectivity index (χ0n) is 11.3. The van der Waals surface area contributed by atoms with Gasteiger partial charge in [-0.2, -0.15) is 0 Å². The Morgan fingerprint density at radius 2 is 2.00 bits per heavy atom. The molecule has 0 saturated heterocycles. The molecule has 1 aromatic rings. The molecule has 1 rings (SSSR count). The number of anilines is 1. The van der Waals surface area contributed by atoms with E-state index in [-0.39, 0.29) is 5.91 Å². The predicted molar refractivity (Wildman–Crippen MR) is 77.2 cm³/mol. The molecule has 1 amide bonds. The van der Waals surface area contributed by atoms with Crippen molar-refractivity contribution in [1.29, 1.82) is 0 Å². The molecule has 0 aliphatic carbocycles. The second-order valence-corrected chi connectivity index (χ2v) is 4.72. The molecule has 0 unspecified atom stereocenters. The molecule has 0 spiro atoms. The van der Waals surface area contributed by atoms with Crippen LogP contribution < -0.4 is 5.32 Å². The van der Waals surface area contributed by atoms with Crippen LogP contribution in [0.5, 0.6) is 0 Å². The zero-order chi connectivity index (χ0) is 13.5. The van der Waals surface area contributed by atoms with E-state index in [1.165, 1.54) is 0 Å². The summed E-state index contributed by atoms with van der Waals surface area (Å²) in [6, 6.07) is 5.48. The van der Waals surface area contributed by atoms with Gasteiger partial charge in [-0.3, -0.25) is 4.79 Å². The average Bonchev–Trinajstić information content (AvgIpc) is 2.34. The van der Waals surface area contributed by atoms with Crippen LogP contribution in [0.25, 0.3) is 0 Å². The molecule has 1 aromatic carbocycles. The molecule has 3 nitrogen and oxygen atoms in total. The lowest BCUT2D eigenvalue weighted by atomic mass is 10.2. The van der Waals surface area contributed by atoms with Crippen LogP contribution in [-0.4, -0.2) is 30.4 Å². The van der Waals surface area contributed by atoms with Crippen molar-refractivity contribution >= 4 is 23.2 Å². The van der Waals surface area contributed by atoms with Gasteiger partial charge in [0.25, 0.3) is 0 Å². The number of carbonyl (C=O) groups is 1. The molecule has 0 saturated carbocycles. The Bertz CT molecular complexity index is 403. The van der Waals surface area contributed by atoms with E-state index in [0.717, 1.165) is 30.9 Å². The molecule has 18 heavy (non-hydrogen) atoms. The van der Waals surface area contributed by atoms with Gasteiger partial charge in [0.1, 0.15) is 0 Å². The number of benzene rings is 1. The maximum Gasteiger partial charge on any atom is 0.225 e. The van der Waals surface area contributed by atoms with Crippen molar-refractivity contribution in [2.75, 3.05) is 25.0 Å². The number of hydrogen-bond acceptors (Lipinski definition) is 2. The fourth-order valence-corrected chi connectivity index (χ4v) is 2.01. The van der Waals surface area contributed by atoms with Crippen LogP contribution in [0.4, 0.5) is 5.69 Å². The smallest absolute Gasteiger partial charge is 0.225 e. The van der Waals surface area contributed by atoms with E-state index in [1.54, 1.807) is 6.07 Å². The highest BCUT2D eigenvalue weighted by Gasteiger charge is 2.07. The Labute approximate surface area is 114 Å². The minimum atomic E-state index is 0.0484. The number of carbonyl (C=O) groups excluding carboxylic acids is 1. The molecule has 0 aromatic heterocycles. The summed E-state index contributed by atoms with van der Waals surface area (Å²) >= 11 is 5.87. The van der Waals surface area contributed by atoms with Crippen molar-refractivity contribution in [2.24, 2.45) is 0 Å². The number of halogens is 1. The van der Waals surface area contributed by atoms with Crippen molar-refractivity contribution in [3.05, 3.63) is 28.8 Å². The lowest BCUT2D eigenvalue weighted by Gasteiger charge is -2.17. The third-order valence-electron chi connectivity index (χ3n) is 3.01. The molecule has 0 heterocycles. The van der Waals surface area contributed by atoms with E-state index >= 15 is 0 Å². The normalized spacial score (nSPS) is 10.7. The first-order chi connectivity index (χ1) is 8.56. The number of amides is 1. The van der Waals surface area contributed by atoms with Crippen LogP contribution in [0, 0.1) is 6.92 Å². The summed E-state index contributed by atoms with van der Waals surface area (Å²) in [6.07, 6.45) is 0.518. The summed E-state index contributed by atoms with van der Waals surface area (Å²) in [4.78, 5) is 14.0. The lowest BCUT2D eigenvalue weighted by molar-refractivity contribution is -0.116. The van der Waals surface area contributed by atoms with Gasteiger partial charge in [0.15, 0.2) is 0 Å². The van der Waals surface area contributed by atoms with Crippen LogP contribution in [-0.2, 0) is 4.79 Å². The van der Waals surface area contributed by atoms with Gasteiger partial charge in [0.05, 0.1) is 0 Å². The van der Waals surface area contributed by atoms with Crippen molar-refractivity contribution < 1.29 is 4.79 Å². The fourth-order valence-electron chi connectivity index (χ4n) is 1.78. The number of hydrogen-bond donors (Lipinski definition) is 1. The summed E-state index contributed by atoms with van der Waals surface area (Å²) in [5.41, 5.74) is 1.82. The van der Waals surface area contributed by atoms with Gasteiger partial charge in [0.2, 0.25) is 5.91 Å². The minimum absolute atomic E-state index is 0.0484. The van der Waals surface area contributed by atoms with E-state index in [4.69, 9.17) is 11.6 Å². The molecule has 4 heteroatoms. The number of aryl methyl sites for hydroxylation is 1. The summed E-state index contributed by atoms with van der Waals surface area (Å²) < 4.78 is 0. The number of rotatable bonds is 6. The Balaban J connectivity index is 2.49. The highest BCUT2D eigenvalue weighted by atomic mass is 35.5. The van der Waals surface area contributed by atoms with Gasteiger partial charge in [-0.15, -0.1) is 0 Å². The molecular weight excluding hydrogens is 248 g/mol. The standard InChI is InChI=1S/C14H21ClN2O/c1-4-17(5-2)9-8-14(18)16-13-7-6-12(15)10-11(13)3/h6-7,10H,4-5,8-9H2,1-3H3,(H,16,18). The first-order valence-electron chi connectivity index (χ1n) is 6.35. The predicted octanol–water partition coefficient (Wildman–Crippen LogP) is 3.32. The molecule has 0 aliphatic heterocycles. The Kier molecular flexibility index (Phi) is 6.16. The van der Waals surface area contributed by atoms with Gasteiger partial charge >= 0.3 is 0 Å². The van der Waals surface area contributed by atoms with Gasteiger partial charge in [-0.05, 0) is 43.8 Å². The molecular formula is C14H21ClN2O. The largest absolute Gasteiger partial charge is 0.326 e. The van der Waals surface area contributed by atoms with Crippen LogP contribution in [0.15, 0.2) is 18.2 Å². The molecule has 0 radical (unpaired) electrons. The molecule has 100 valence electrons. The topological polar surface area (TPSA) is 32.3 Å². The third-order valence-corrected chi connectivity index (χ3v) is 3.25. The first kappa shape index (κ1) is 15.0. The highest BCUT2D eigenvalue weighted by molar-refractivity contribution is 6.30. The van der Waals surface area contributed by atoms with Gasteiger partial charge in [-0.1, -0.05) is 25.4 Å². The van der Waals surface area contributed by atoms with E-state index in [1.807, 2.05) is 19.1 Å². The van der Waals surface area contributed by atoms with Crippen molar-refractivity contribution in [3.63, 3.8) is 0 Å². The van der Waals surface area contributed by atoms with Crippen molar-refractivity contribution in [2.45, 2.75) is 27.2 Å². The van der Waals surface area contributed by atoms with Gasteiger partial charge in [0, 0.05) is 23.7 Å². The Morgan fingerprint density at radius 1 is 1.33 bits per heavy atom. The minimum Gasteiger partial charge on any atom is -0.326 e. The SMILES string of the molecule is CCN(CC)CCC(=O)Nc1ccc(Cl)cc1C. The molecule has 0 bridgehead atoms. The fraction of sp³-hybridized carbons (Fsp3) is 0.500. The van der Waals surface area contributed by atoms with Crippen LogP contribution in [0.3, 0.4) is 0 Å². The average molecular weight is 269 g/mol. The van der Waals surface area contributed by atoms with Gasteiger partial charge < -0.3 is 10.2 Å². The maximum atomic E-state index is 11.8. The Morgan fingerprint density at radius 3 is 2.56 bits per heavy atom. The zero-order valence-corrected chi connectivity index (χ0v) is 12.0. The van der Waals surface area contributed by atoms with E-state index in [0.29, 0.717) is 11.4 Å². The van der Waals surface area contributed by atoms with E-state index < -0.39 is 0 Å². The van der Waals surface area contributed by atoms with Gasteiger partial charge in [-0.25, -0.2) is 0 Å².